The Labute approximate surface area is 78.1 Å². The van der Waals surface area contributed by atoms with Crippen molar-refractivity contribution in [3.63, 3.8) is 0 Å². The number of hydrogen-bond donors (Lipinski definition) is 4. The predicted octanol–water partition coefficient (Wildman–Crippen LogP) is -1.54. The van der Waals surface area contributed by atoms with Crippen LogP contribution in [0.15, 0.2) is 0 Å². The monoisotopic (exact) mass is 190 g/mol. The molecule has 0 radical (unpaired) electrons. The minimum absolute atomic E-state index is 0.0866. The molecule has 0 aromatic rings. The molecule has 0 saturated carbocycles. The van der Waals surface area contributed by atoms with Gasteiger partial charge in [-0.3, -0.25) is 4.79 Å². The van der Waals surface area contributed by atoms with Crippen molar-refractivity contribution in [1.82, 2.24) is 10.6 Å². The Hall–Kier alpha value is -0.650. The Kier molecular flexibility index (Phi) is 5.61. The molecule has 0 aromatic carbocycles. The van der Waals surface area contributed by atoms with Gasteiger partial charge in [-0.15, -0.1) is 0 Å². The van der Waals surface area contributed by atoms with Gasteiger partial charge in [0.2, 0.25) is 5.91 Å². The Balaban J connectivity index is 3.55. The second-order valence-electron chi connectivity index (χ2n) is 3.29. The topological polar surface area (TPSA) is 81.6 Å². The molecule has 0 unspecified atom stereocenters. The minimum Gasteiger partial charge on any atom is -0.394 e. The van der Waals surface area contributed by atoms with E-state index in [2.05, 4.69) is 10.6 Å². The van der Waals surface area contributed by atoms with E-state index < -0.39 is 5.54 Å². The van der Waals surface area contributed by atoms with Crippen molar-refractivity contribution in [1.29, 1.82) is 0 Å². The zero-order chi connectivity index (χ0) is 10.3. The van der Waals surface area contributed by atoms with Crippen LogP contribution in [-0.4, -0.2) is 48.0 Å². The highest BCUT2D eigenvalue weighted by atomic mass is 16.3. The van der Waals surface area contributed by atoms with Crippen LogP contribution in [0.5, 0.6) is 0 Å². The summed E-state index contributed by atoms with van der Waals surface area (Å²) >= 11 is 0. The summed E-state index contributed by atoms with van der Waals surface area (Å²) in [5.74, 6) is -0.0866. The summed E-state index contributed by atoms with van der Waals surface area (Å²) in [6.45, 7) is 3.90. The first-order valence-corrected chi connectivity index (χ1v) is 4.25. The van der Waals surface area contributed by atoms with E-state index in [4.69, 9.17) is 10.2 Å². The number of rotatable bonds is 6. The van der Waals surface area contributed by atoms with Gasteiger partial charge in [0, 0.05) is 20.0 Å². The fourth-order valence-corrected chi connectivity index (χ4v) is 0.765. The lowest BCUT2D eigenvalue weighted by molar-refractivity contribution is -0.118. The standard InChI is InChI=1S/C8H18N2O3/c1-7(13)9-3-4-10-8(2,5-11)6-12/h10-12H,3-6H2,1-2H3,(H,9,13). The first-order valence-electron chi connectivity index (χ1n) is 4.25. The second kappa shape index (κ2) is 5.90. The van der Waals surface area contributed by atoms with Crippen molar-refractivity contribution in [2.75, 3.05) is 26.3 Å². The van der Waals surface area contributed by atoms with Crippen molar-refractivity contribution < 1.29 is 15.0 Å². The third kappa shape index (κ3) is 5.57. The first-order chi connectivity index (χ1) is 6.04. The number of aliphatic hydroxyl groups excluding tert-OH is 2. The molecule has 13 heavy (non-hydrogen) atoms. The summed E-state index contributed by atoms with van der Waals surface area (Å²) in [7, 11) is 0. The molecule has 4 N–H and O–H groups in total. The van der Waals surface area contributed by atoms with Crippen LogP contribution in [-0.2, 0) is 4.79 Å². The number of amides is 1. The van der Waals surface area contributed by atoms with E-state index in [-0.39, 0.29) is 19.1 Å². The maximum atomic E-state index is 10.5. The van der Waals surface area contributed by atoms with E-state index in [1.54, 1.807) is 6.92 Å². The second-order valence-corrected chi connectivity index (χ2v) is 3.29. The quantitative estimate of drug-likeness (QED) is 0.382. The van der Waals surface area contributed by atoms with Crippen molar-refractivity contribution in [2.45, 2.75) is 19.4 Å². The van der Waals surface area contributed by atoms with Crippen molar-refractivity contribution >= 4 is 5.91 Å². The number of hydrogen-bond acceptors (Lipinski definition) is 4. The minimum atomic E-state index is -0.668. The lowest BCUT2D eigenvalue weighted by Gasteiger charge is -2.26. The van der Waals surface area contributed by atoms with E-state index >= 15 is 0 Å². The molecule has 0 aliphatic heterocycles. The molecule has 0 fully saturated rings. The SMILES string of the molecule is CC(=O)NCCNC(C)(CO)CO. The Morgan fingerprint density at radius 3 is 2.23 bits per heavy atom. The van der Waals surface area contributed by atoms with Gasteiger partial charge in [0.1, 0.15) is 0 Å². The van der Waals surface area contributed by atoms with E-state index in [0.29, 0.717) is 13.1 Å². The summed E-state index contributed by atoms with van der Waals surface area (Å²) in [5.41, 5.74) is -0.668. The van der Waals surface area contributed by atoms with Crippen molar-refractivity contribution in [3.05, 3.63) is 0 Å². The van der Waals surface area contributed by atoms with Crippen LogP contribution in [0, 0.1) is 0 Å². The molecule has 1 amide bonds. The number of carbonyl (C=O) groups excluding carboxylic acids is 1. The van der Waals surface area contributed by atoms with Crippen LogP contribution in [0.1, 0.15) is 13.8 Å². The molecule has 0 aliphatic carbocycles. The highest BCUT2D eigenvalue weighted by Gasteiger charge is 2.20. The summed E-state index contributed by atoms with van der Waals surface area (Å²) in [6.07, 6.45) is 0. The molecule has 0 spiro atoms. The molecule has 0 saturated heterocycles. The smallest absolute Gasteiger partial charge is 0.216 e. The van der Waals surface area contributed by atoms with Gasteiger partial charge in [-0.25, -0.2) is 0 Å². The van der Waals surface area contributed by atoms with E-state index in [9.17, 15) is 4.79 Å². The molecule has 0 heterocycles. The largest absolute Gasteiger partial charge is 0.394 e. The van der Waals surface area contributed by atoms with Gasteiger partial charge in [-0.1, -0.05) is 0 Å². The summed E-state index contributed by atoms with van der Waals surface area (Å²) in [6, 6.07) is 0. The third-order valence-corrected chi connectivity index (χ3v) is 1.75. The molecule has 0 atom stereocenters. The van der Waals surface area contributed by atoms with Gasteiger partial charge in [0.05, 0.1) is 18.8 Å². The van der Waals surface area contributed by atoms with E-state index in [1.807, 2.05) is 0 Å². The van der Waals surface area contributed by atoms with Gasteiger partial charge in [-0.05, 0) is 6.92 Å². The average Bonchev–Trinajstić information content (AvgIpc) is 2.12. The molecule has 78 valence electrons. The first kappa shape index (κ1) is 12.3. The fraction of sp³-hybridized carbons (Fsp3) is 0.875. The van der Waals surface area contributed by atoms with Crippen LogP contribution < -0.4 is 10.6 Å². The summed E-state index contributed by atoms with van der Waals surface area (Å²) < 4.78 is 0. The normalized spacial score (nSPS) is 11.4. The maximum absolute atomic E-state index is 10.5. The molecule has 5 heteroatoms. The molecular formula is C8H18N2O3. The van der Waals surface area contributed by atoms with Crippen LogP contribution >= 0.6 is 0 Å². The highest BCUT2D eigenvalue weighted by Crippen LogP contribution is 1.98. The van der Waals surface area contributed by atoms with Crippen LogP contribution in [0.25, 0.3) is 0 Å². The van der Waals surface area contributed by atoms with Gasteiger partial charge in [0.15, 0.2) is 0 Å². The third-order valence-electron chi connectivity index (χ3n) is 1.75. The Morgan fingerprint density at radius 1 is 1.31 bits per heavy atom. The molecule has 0 bridgehead atoms. The molecule has 0 aliphatic rings. The van der Waals surface area contributed by atoms with Gasteiger partial charge < -0.3 is 20.8 Å². The van der Waals surface area contributed by atoms with Gasteiger partial charge >= 0.3 is 0 Å². The summed E-state index contributed by atoms with van der Waals surface area (Å²) in [5, 5.41) is 23.3. The zero-order valence-electron chi connectivity index (χ0n) is 8.13. The van der Waals surface area contributed by atoms with Gasteiger partial charge in [0.25, 0.3) is 0 Å². The van der Waals surface area contributed by atoms with Crippen LogP contribution in [0.3, 0.4) is 0 Å². The molecule has 5 nitrogen and oxygen atoms in total. The maximum Gasteiger partial charge on any atom is 0.216 e. The average molecular weight is 190 g/mol. The summed E-state index contributed by atoms with van der Waals surface area (Å²) in [4.78, 5) is 10.5. The fourth-order valence-electron chi connectivity index (χ4n) is 0.765. The Morgan fingerprint density at radius 2 is 1.85 bits per heavy atom. The molecule has 0 rings (SSSR count). The van der Waals surface area contributed by atoms with Crippen LogP contribution in [0.2, 0.25) is 0 Å². The number of nitrogens with one attached hydrogen (secondary N) is 2. The lowest BCUT2D eigenvalue weighted by atomic mass is 10.1. The number of aliphatic hydroxyl groups is 2. The molecular weight excluding hydrogens is 172 g/mol. The highest BCUT2D eigenvalue weighted by molar-refractivity contribution is 5.72. The van der Waals surface area contributed by atoms with E-state index in [0.717, 1.165) is 0 Å². The van der Waals surface area contributed by atoms with Gasteiger partial charge in [-0.2, -0.15) is 0 Å². The van der Waals surface area contributed by atoms with Crippen LogP contribution in [0.4, 0.5) is 0 Å². The Bertz CT molecular complexity index is 157. The van der Waals surface area contributed by atoms with Crippen molar-refractivity contribution in [3.8, 4) is 0 Å². The lowest BCUT2D eigenvalue weighted by Crippen LogP contribution is -2.51. The zero-order valence-corrected chi connectivity index (χ0v) is 8.13. The number of carbonyl (C=O) groups is 1. The predicted molar refractivity (Wildman–Crippen MR) is 49.3 cm³/mol. The molecule has 0 aromatic heterocycles. The van der Waals surface area contributed by atoms with Crippen molar-refractivity contribution in [2.24, 2.45) is 0 Å². The van der Waals surface area contributed by atoms with E-state index in [1.165, 1.54) is 6.92 Å².